The number of pyridine rings is 1. The Labute approximate surface area is 242 Å². The summed E-state index contributed by atoms with van der Waals surface area (Å²) >= 11 is 1.61. The standard InChI is InChI=1S/C33H33F3N4S/c1-31(2,3)22-7-11-24(12-8-22)40(25-13-9-23(10-14-25)32(4,5)6)30-16-15-28(41-30)21-17-18-37-26(19-21)27-20-29(39-38-27)33(34,35)36/h7-20H,1-6H3,(H,38,39). The lowest BCUT2D eigenvalue weighted by Gasteiger charge is -2.26. The van der Waals surface area contributed by atoms with Crippen LogP contribution in [0.2, 0.25) is 0 Å². The Balaban J connectivity index is 1.53. The molecule has 2 aromatic carbocycles. The molecule has 0 unspecified atom stereocenters. The molecule has 3 aromatic heterocycles. The lowest BCUT2D eigenvalue weighted by molar-refractivity contribution is -0.141. The molecule has 0 aliphatic rings. The fraction of sp³-hybridized carbons (Fsp3) is 0.273. The number of aromatic nitrogens is 3. The molecular weight excluding hydrogens is 541 g/mol. The number of rotatable bonds is 5. The minimum absolute atomic E-state index is 0.0437. The molecule has 8 heteroatoms. The molecule has 0 saturated heterocycles. The van der Waals surface area contributed by atoms with Crippen molar-refractivity contribution < 1.29 is 13.2 Å². The van der Waals surface area contributed by atoms with E-state index in [4.69, 9.17) is 0 Å². The van der Waals surface area contributed by atoms with Gasteiger partial charge in [-0.05, 0) is 82.1 Å². The van der Waals surface area contributed by atoms with Crippen LogP contribution in [-0.2, 0) is 17.0 Å². The van der Waals surface area contributed by atoms with Gasteiger partial charge in [0.1, 0.15) is 16.4 Å². The number of aromatic amines is 1. The Morgan fingerprint density at radius 3 is 1.73 bits per heavy atom. The Kier molecular flexibility index (Phi) is 7.32. The number of alkyl halides is 3. The van der Waals surface area contributed by atoms with Gasteiger partial charge in [-0.3, -0.25) is 10.1 Å². The van der Waals surface area contributed by atoms with Crippen molar-refractivity contribution in [2.75, 3.05) is 4.90 Å². The molecule has 1 N–H and O–H groups in total. The number of benzene rings is 2. The third-order valence-electron chi connectivity index (χ3n) is 6.99. The van der Waals surface area contributed by atoms with Crippen LogP contribution in [0.25, 0.3) is 21.8 Å². The first-order valence-electron chi connectivity index (χ1n) is 13.4. The molecule has 0 aliphatic heterocycles. The zero-order valence-corrected chi connectivity index (χ0v) is 24.8. The Hall–Kier alpha value is -3.91. The van der Waals surface area contributed by atoms with Crippen LogP contribution in [0.4, 0.5) is 29.5 Å². The summed E-state index contributed by atoms with van der Waals surface area (Å²) < 4.78 is 39.3. The van der Waals surface area contributed by atoms with E-state index in [1.54, 1.807) is 23.6 Å². The molecule has 0 bridgehead atoms. The second-order valence-corrected chi connectivity index (χ2v) is 13.2. The van der Waals surface area contributed by atoms with Gasteiger partial charge >= 0.3 is 6.18 Å². The van der Waals surface area contributed by atoms with Crippen molar-refractivity contribution in [2.24, 2.45) is 0 Å². The average Bonchev–Trinajstić information content (AvgIpc) is 3.60. The van der Waals surface area contributed by atoms with Gasteiger partial charge in [-0.2, -0.15) is 18.3 Å². The van der Waals surface area contributed by atoms with Crippen LogP contribution >= 0.6 is 11.3 Å². The number of thiophene rings is 1. The molecule has 212 valence electrons. The van der Waals surface area contributed by atoms with E-state index >= 15 is 0 Å². The number of nitrogens with one attached hydrogen (secondary N) is 1. The molecule has 0 amide bonds. The smallest absolute Gasteiger partial charge is 0.302 e. The summed E-state index contributed by atoms with van der Waals surface area (Å²) in [5.74, 6) is 0. The molecule has 3 heterocycles. The second kappa shape index (κ2) is 10.5. The number of H-pyrrole nitrogens is 1. The lowest BCUT2D eigenvalue weighted by Crippen LogP contribution is -2.13. The summed E-state index contributed by atoms with van der Waals surface area (Å²) in [4.78, 5) is 7.47. The first kappa shape index (κ1) is 28.6. The summed E-state index contributed by atoms with van der Waals surface area (Å²) in [6.07, 6.45) is -2.90. The monoisotopic (exact) mass is 574 g/mol. The average molecular weight is 575 g/mol. The van der Waals surface area contributed by atoms with Gasteiger partial charge in [-0.1, -0.05) is 65.8 Å². The second-order valence-electron chi connectivity index (χ2n) is 12.2. The molecule has 5 aromatic rings. The molecule has 0 radical (unpaired) electrons. The first-order chi connectivity index (χ1) is 19.2. The topological polar surface area (TPSA) is 44.8 Å². The van der Waals surface area contributed by atoms with E-state index in [-0.39, 0.29) is 16.5 Å². The fourth-order valence-corrected chi connectivity index (χ4v) is 5.59. The summed E-state index contributed by atoms with van der Waals surface area (Å²) in [7, 11) is 0. The molecule has 41 heavy (non-hydrogen) atoms. The largest absolute Gasteiger partial charge is 0.432 e. The fourth-order valence-electron chi connectivity index (χ4n) is 4.55. The zero-order valence-electron chi connectivity index (χ0n) is 24.0. The van der Waals surface area contributed by atoms with Crippen LogP contribution in [0, 0.1) is 0 Å². The minimum Gasteiger partial charge on any atom is -0.302 e. The molecule has 4 nitrogen and oxygen atoms in total. The van der Waals surface area contributed by atoms with Crippen molar-refractivity contribution in [2.45, 2.75) is 58.5 Å². The molecule has 0 aliphatic carbocycles. The maximum Gasteiger partial charge on any atom is 0.432 e. The van der Waals surface area contributed by atoms with Gasteiger partial charge < -0.3 is 4.90 Å². The summed E-state index contributed by atoms with van der Waals surface area (Å²) in [5, 5.41) is 6.92. The maximum absolute atomic E-state index is 13.1. The molecule has 0 saturated carbocycles. The van der Waals surface area contributed by atoms with Crippen molar-refractivity contribution in [1.29, 1.82) is 0 Å². The van der Waals surface area contributed by atoms with Gasteiger partial charge in [0.25, 0.3) is 0 Å². The normalized spacial score (nSPS) is 12.5. The minimum atomic E-state index is -4.49. The van der Waals surface area contributed by atoms with E-state index < -0.39 is 11.9 Å². The van der Waals surface area contributed by atoms with Crippen LogP contribution in [0.15, 0.2) is 85.1 Å². The van der Waals surface area contributed by atoms with Crippen molar-refractivity contribution in [3.8, 4) is 21.8 Å². The molecule has 5 rings (SSSR count). The zero-order chi connectivity index (χ0) is 29.6. The molecular formula is C33H33F3N4S. The van der Waals surface area contributed by atoms with Gasteiger partial charge in [0, 0.05) is 22.4 Å². The van der Waals surface area contributed by atoms with E-state index in [1.807, 2.05) is 12.1 Å². The van der Waals surface area contributed by atoms with E-state index in [0.717, 1.165) is 32.9 Å². The van der Waals surface area contributed by atoms with Crippen LogP contribution in [0.1, 0.15) is 58.4 Å². The van der Waals surface area contributed by atoms with E-state index in [0.29, 0.717) is 5.69 Å². The molecule has 0 fully saturated rings. The SMILES string of the molecule is CC(C)(C)c1ccc(N(c2ccc(C(C)(C)C)cc2)c2ccc(-c3ccnc(-c4cc(C(F)(F)F)[nH]n4)c3)s2)cc1. The summed E-state index contributed by atoms with van der Waals surface area (Å²) in [6, 6.07) is 26.0. The number of anilines is 3. The van der Waals surface area contributed by atoms with Crippen molar-refractivity contribution in [3.05, 3.63) is 102 Å². The van der Waals surface area contributed by atoms with Crippen molar-refractivity contribution in [3.63, 3.8) is 0 Å². The number of hydrogen-bond donors (Lipinski definition) is 1. The predicted octanol–water partition coefficient (Wildman–Crippen LogP) is 10.3. The van der Waals surface area contributed by atoms with Crippen LogP contribution in [-0.4, -0.2) is 15.2 Å². The molecule has 0 atom stereocenters. The highest BCUT2D eigenvalue weighted by Gasteiger charge is 2.33. The van der Waals surface area contributed by atoms with Crippen molar-refractivity contribution >= 4 is 27.7 Å². The van der Waals surface area contributed by atoms with E-state index in [9.17, 15) is 13.2 Å². The molecule has 0 spiro atoms. The Bertz CT molecular complexity index is 1580. The summed E-state index contributed by atoms with van der Waals surface area (Å²) in [6.45, 7) is 13.2. The third kappa shape index (κ3) is 6.22. The van der Waals surface area contributed by atoms with Gasteiger partial charge in [0.05, 0.1) is 5.69 Å². The maximum atomic E-state index is 13.1. The number of halogens is 3. The lowest BCUT2D eigenvalue weighted by atomic mass is 9.87. The number of nitrogens with zero attached hydrogens (tertiary/aromatic N) is 3. The van der Waals surface area contributed by atoms with E-state index in [2.05, 4.69) is 116 Å². The van der Waals surface area contributed by atoms with Gasteiger partial charge in [-0.15, -0.1) is 11.3 Å². The quantitative estimate of drug-likeness (QED) is 0.227. The highest BCUT2D eigenvalue weighted by molar-refractivity contribution is 7.19. The van der Waals surface area contributed by atoms with Gasteiger partial charge in [0.2, 0.25) is 0 Å². The Morgan fingerprint density at radius 1 is 0.683 bits per heavy atom. The van der Waals surface area contributed by atoms with Crippen LogP contribution in [0.5, 0.6) is 0 Å². The third-order valence-corrected chi connectivity index (χ3v) is 8.10. The van der Waals surface area contributed by atoms with E-state index in [1.165, 1.54) is 11.1 Å². The highest BCUT2D eigenvalue weighted by atomic mass is 32.1. The van der Waals surface area contributed by atoms with Crippen molar-refractivity contribution in [1.82, 2.24) is 15.2 Å². The van der Waals surface area contributed by atoms with Crippen LogP contribution in [0.3, 0.4) is 0 Å². The summed E-state index contributed by atoms with van der Waals surface area (Å²) in [5.41, 5.74) is 5.16. The van der Waals surface area contributed by atoms with Crippen LogP contribution < -0.4 is 4.90 Å². The Morgan fingerprint density at radius 2 is 1.24 bits per heavy atom. The van der Waals surface area contributed by atoms with Gasteiger partial charge in [-0.25, -0.2) is 0 Å². The number of hydrogen-bond acceptors (Lipinski definition) is 4. The highest BCUT2D eigenvalue weighted by Crippen LogP contribution is 2.43. The predicted molar refractivity (Wildman–Crippen MR) is 162 cm³/mol. The van der Waals surface area contributed by atoms with Gasteiger partial charge in [0.15, 0.2) is 0 Å². The first-order valence-corrected chi connectivity index (χ1v) is 14.2.